The number of piperidine rings is 1. The first-order chi connectivity index (χ1) is 9.43. The van der Waals surface area contributed by atoms with E-state index in [1.54, 1.807) is 12.1 Å². The second kappa shape index (κ2) is 6.42. The molecule has 112 valence electrons. The normalized spacial score (nSPS) is 19.1. The fourth-order valence-electron chi connectivity index (χ4n) is 2.90. The van der Waals surface area contributed by atoms with E-state index in [9.17, 15) is 4.39 Å². The lowest BCUT2D eigenvalue weighted by Crippen LogP contribution is -2.58. The highest BCUT2D eigenvalue weighted by atomic mass is 35.5. The Kier molecular flexibility index (Phi) is 5.05. The minimum absolute atomic E-state index is 0.144. The van der Waals surface area contributed by atoms with E-state index in [2.05, 4.69) is 18.7 Å². The second-order valence-electron chi connectivity index (χ2n) is 6.21. The first-order valence-corrected chi connectivity index (χ1v) is 7.74. The smallest absolute Gasteiger partial charge is 0.127 e. The molecule has 2 rings (SSSR count). The summed E-state index contributed by atoms with van der Waals surface area (Å²) in [5, 5.41) is 0.467. The predicted molar refractivity (Wildman–Crippen MR) is 82.6 cm³/mol. The van der Waals surface area contributed by atoms with E-state index < -0.39 is 0 Å². The molecule has 1 unspecified atom stereocenters. The molecule has 1 fully saturated rings. The minimum atomic E-state index is -0.262. The van der Waals surface area contributed by atoms with E-state index in [-0.39, 0.29) is 17.4 Å². The van der Waals surface area contributed by atoms with Gasteiger partial charge in [-0.3, -0.25) is 4.90 Å². The standard InChI is InChI=1S/C16H24ClFN2/c1-16(2,20-9-4-3-5-10-20)15(19)11-12-13(17)7-6-8-14(12)18/h6-8,15H,3-5,9-11,19H2,1-2H3. The Labute approximate surface area is 126 Å². The molecule has 1 heterocycles. The van der Waals surface area contributed by atoms with Crippen molar-refractivity contribution in [1.29, 1.82) is 0 Å². The van der Waals surface area contributed by atoms with Gasteiger partial charge in [-0.2, -0.15) is 0 Å². The quantitative estimate of drug-likeness (QED) is 0.920. The highest BCUT2D eigenvalue weighted by molar-refractivity contribution is 6.31. The fraction of sp³-hybridized carbons (Fsp3) is 0.625. The van der Waals surface area contributed by atoms with E-state index in [1.165, 1.54) is 25.3 Å². The van der Waals surface area contributed by atoms with Crippen LogP contribution in [0.2, 0.25) is 5.02 Å². The summed E-state index contributed by atoms with van der Waals surface area (Å²) in [6.07, 6.45) is 4.20. The van der Waals surface area contributed by atoms with Crippen LogP contribution in [0.25, 0.3) is 0 Å². The molecule has 2 N–H and O–H groups in total. The minimum Gasteiger partial charge on any atom is -0.326 e. The molecule has 0 radical (unpaired) electrons. The zero-order chi connectivity index (χ0) is 14.8. The predicted octanol–water partition coefficient (Wildman–Crippen LogP) is 3.61. The Morgan fingerprint density at radius 1 is 1.30 bits per heavy atom. The van der Waals surface area contributed by atoms with Crippen LogP contribution in [0.4, 0.5) is 4.39 Å². The molecule has 1 aliphatic rings. The van der Waals surface area contributed by atoms with Crippen molar-refractivity contribution < 1.29 is 4.39 Å². The van der Waals surface area contributed by atoms with Gasteiger partial charge in [0.15, 0.2) is 0 Å². The van der Waals surface area contributed by atoms with Gasteiger partial charge < -0.3 is 5.73 Å². The van der Waals surface area contributed by atoms with Gasteiger partial charge in [-0.05, 0) is 58.3 Å². The Balaban J connectivity index is 2.12. The average molecular weight is 299 g/mol. The maximum Gasteiger partial charge on any atom is 0.127 e. The van der Waals surface area contributed by atoms with Crippen molar-refractivity contribution >= 4 is 11.6 Å². The van der Waals surface area contributed by atoms with Crippen molar-refractivity contribution in [2.24, 2.45) is 5.73 Å². The summed E-state index contributed by atoms with van der Waals surface area (Å²) in [6, 6.07) is 4.65. The van der Waals surface area contributed by atoms with Crippen LogP contribution in [0, 0.1) is 5.82 Å². The van der Waals surface area contributed by atoms with E-state index in [4.69, 9.17) is 17.3 Å². The number of hydrogen-bond donors (Lipinski definition) is 1. The van der Waals surface area contributed by atoms with Crippen LogP contribution >= 0.6 is 11.6 Å². The average Bonchev–Trinajstić information content (AvgIpc) is 2.43. The molecule has 1 aromatic carbocycles. The molecule has 1 saturated heterocycles. The van der Waals surface area contributed by atoms with Crippen molar-refractivity contribution in [3.8, 4) is 0 Å². The Morgan fingerprint density at radius 2 is 1.95 bits per heavy atom. The summed E-state index contributed by atoms with van der Waals surface area (Å²) < 4.78 is 13.9. The third-order valence-corrected chi connectivity index (χ3v) is 4.92. The lowest BCUT2D eigenvalue weighted by molar-refractivity contribution is 0.0729. The van der Waals surface area contributed by atoms with Gasteiger partial charge in [0.25, 0.3) is 0 Å². The molecule has 0 saturated carbocycles. The Bertz CT molecular complexity index is 436. The fourth-order valence-corrected chi connectivity index (χ4v) is 3.14. The Hall–Kier alpha value is -0.640. The molecular formula is C16H24ClFN2. The summed E-state index contributed by atoms with van der Waals surface area (Å²) in [5.74, 6) is -0.262. The SMILES string of the molecule is CC(C)(C(N)Cc1c(F)cccc1Cl)N1CCCCC1. The van der Waals surface area contributed by atoms with E-state index >= 15 is 0 Å². The van der Waals surface area contributed by atoms with Gasteiger partial charge in [0.1, 0.15) is 5.82 Å². The van der Waals surface area contributed by atoms with Crippen molar-refractivity contribution in [3.63, 3.8) is 0 Å². The molecule has 1 aliphatic heterocycles. The molecule has 0 aliphatic carbocycles. The number of hydrogen-bond acceptors (Lipinski definition) is 2. The van der Waals surface area contributed by atoms with Crippen molar-refractivity contribution in [2.45, 2.75) is 51.1 Å². The summed E-state index contributed by atoms with van der Waals surface area (Å²) in [5.41, 5.74) is 6.77. The first kappa shape index (κ1) is 15.7. The zero-order valence-corrected chi connectivity index (χ0v) is 13.1. The van der Waals surface area contributed by atoms with Crippen LogP contribution in [0.1, 0.15) is 38.7 Å². The first-order valence-electron chi connectivity index (χ1n) is 7.36. The second-order valence-corrected chi connectivity index (χ2v) is 6.62. The van der Waals surface area contributed by atoms with Gasteiger partial charge in [0, 0.05) is 22.2 Å². The number of benzene rings is 1. The van der Waals surface area contributed by atoms with Crippen molar-refractivity contribution in [3.05, 3.63) is 34.6 Å². The van der Waals surface area contributed by atoms with Gasteiger partial charge in [0.2, 0.25) is 0 Å². The van der Waals surface area contributed by atoms with Gasteiger partial charge in [0.05, 0.1) is 0 Å². The molecule has 1 atom stereocenters. The van der Waals surface area contributed by atoms with Crippen LogP contribution in [0.5, 0.6) is 0 Å². The van der Waals surface area contributed by atoms with E-state index in [0.29, 0.717) is 17.0 Å². The third kappa shape index (κ3) is 3.33. The molecule has 4 heteroatoms. The number of halogens is 2. The molecular weight excluding hydrogens is 275 g/mol. The van der Waals surface area contributed by atoms with Crippen LogP contribution in [-0.2, 0) is 6.42 Å². The van der Waals surface area contributed by atoms with Crippen LogP contribution in [-0.4, -0.2) is 29.6 Å². The molecule has 0 amide bonds. The number of likely N-dealkylation sites (tertiary alicyclic amines) is 1. The largest absolute Gasteiger partial charge is 0.326 e. The topological polar surface area (TPSA) is 29.3 Å². The van der Waals surface area contributed by atoms with Gasteiger partial charge in [-0.1, -0.05) is 24.1 Å². The summed E-state index contributed by atoms with van der Waals surface area (Å²) >= 11 is 6.10. The summed E-state index contributed by atoms with van der Waals surface area (Å²) in [7, 11) is 0. The maximum absolute atomic E-state index is 13.9. The monoisotopic (exact) mass is 298 g/mol. The van der Waals surface area contributed by atoms with Gasteiger partial charge in [-0.25, -0.2) is 4.39 Å². The van der Waals surface area contributed by atoms with Crippen LogP contribution in [0.3, 0.4) is 0 Å². The lowest BCUT2D eigenvalue weighted by atomic mass is 9.86. The van der Waals surface area contributed by atoms with Crippen molar-refractivity contribution in [1.82, 2.24) is 4.90 Å². The number of nitrogens with two attached hydrogens (primary N) is 1. The van der Waals surface area contributed by atoms with Gasteiger partial charge in [-0.15, -0.1) is 0 Å². The van der Waals surface area contributed by atoms with E-state index in [0.717, 1.165) is 13.1 Å². The molecule has 0 spiro atoms. The van der Waals surface area contributed by atoms with Gasteiger partial charge >= 0.3 is 0 Å². The Morgan fingerprint density at radius 3 is 2.55 bits per heavy atom. The molecule has 0 bridgehead atoms. The maximum atomic E-state index is 13.9. The van der Waals surface area contributed by atoms with Crippen LogP contribution < -0.4 is 5.73 Å². The van der Waals surface area contributed by atoms with Crippen molar-refractivity contribution in [2.75, 3.05) is 13.1 Å². The molecule has 0 aromatic heterocycles. The number of rotatable bonds is 4. The molecule has 20 heavy (non-hydrogen) atoms. The molecule has 1 aromatic rings. The highest BCUT2D eigenvalue weighted by Crippen LogP contribution is 2.27. The third-order valence-electron chi connectivity index (χ3n) is 4.56. The zero-order valence-electron chi connectivity index (χ0n) is 12.3. The summed E-state index contributed by atoms with van der Waals surface area (Å²) in [6.45, 7) is 6.45. The van der Waals surface area contributed by atoms with Crippen LogP contribution in [0.15, 0.2) is 18.2 Å². The highest BCUT2D eigenvalue weighted by Gasteiger charge is 2.34. The van der Waals surface area contributed by atoms with E-state index in [1.807, 2.05) is 0 Å². The number of nitrogens with zero attached hydrogens (tertiary/aromatic N) is 1. The molecule has 2 nitrogen and oxygen atoms in total. The lowest BCUT2D eigenvalue weighted by Gasteiger charge is -2.44. The summed E-state index contributed by atoms with van der Waals surface area (Å²) in [4.78, 5) is 2.43.